The first kappa shape index (κ1) is 26.3. The Balaban J connectivity index is 1.53. The van der Waals surface area contributed by atoms with Crippen molar-refractivity contribution in [1.29, 1.82) is 0 Å². The second-order valence-electron chi connectivity index (χ2n) is 8.30. The Morgan fingerprint density at radius 3 is 2.49 bits per heavy atom. The van der Waals surface area contributed by atoms with Gasteiger partial charge in [-0.3, -0.25) is 10.1 Å². The highest BCUT2D eigenvalue weighted by Crippen LogP contribution is 2.33. The highest BCUT2D eigenvalue weighted by molar-refractivity contribution is 7.43. The van der Waals surface area contributed by atoms with Crippen LogP contribution >= 0.6 is 7.82 Å². The Labute approximate surface area is 219 Å². The minimum Gasteiger partial charge on any atom is -0.780 e. The number of morpholine rings is 1. The van der Waals surface area contributed by atoms with Crippen LogP contribution in [0.5, 0.6) is 5.75 Å². The summed E-state index contributed by atoms with van der Waals surface area (Å²) >= 11 is 0. The lowest BCUT2D eigenvalue weighted by Crippen LogP contribution is -2.36. The van der Waals surface area contributed by atoms with Gasteiger partial charge in [-0.25, -0.2) is 14.4 Å². The number of rotatable bonds is 8. The van der Waals surface area contributed by atoms with Gasteiger partial charge in [0, 0.05) is 30.2 Å². The molecule has 3 heterocycles. The van der Waals surface area contributed by atoms with Crippen LogP contribution in [0.15, 0.2) is 52.9 Å². The van der Waals surface area contributed by atoms with Crippen LogP contribution < -0.4 is 24.5 Å². The Morgan fingerprint density at radius 1 is 1.08 bits per heavy atom. The summed E-state index contributed by atoms with van der Waals surface area (Å²) in [7, 11) is -5.21. The molecule has 202 valence electrons. The SMILES string of the molecule is O=[N+]([O-])c1ccc(/C=C/c2nc(Nc3ccc(OP(=O)([O-])[O-])cc3)c3cc(N4CCOCC4)c(F)cc3n2)o1. The van der Waals surface area contributed by atoms with Crippen molar-refractivity contribution in [3.05, 3.63) is 76.0 Å². The van der Waals surface area contributed by atoms with E-state index in [-0.39, 0.29) is 22.9 Å². The van der Waals surface area contributed by atoms with E-state index in [0.717, 1.165) is 0 Å². The molecule has 0 aliphatic carbocycles. The molecule has 0 bridgehead atoms. The molecule has 0 unspecified atom stereocenters. The summed E-state index contributed by atoms with van der Waals surface area (Å²) in [6.07, 6.45) is 2.89. The zero-order chi connectivity index (χ0) is 27.6. The van der Waals surface area contributed by atoms with Gasteiger partial charge in [0.05, 0.1) is 30.5 Å². The molecule has 2 aromatic carbocycles. The molecular formula is C24H19FN5O8P-2. The van der Waals surface area contributed by atoms with Crippen LogP contribution in [-0.2, 0) is 9.30 Å². The van der Waals surface area contributed by atoms with Crippen molar-refractivity contribution in [2.75, 3.05) is 36.5 Å². The number of nitrogens with zero attached hydrogens (tertiary/aromatic N) is 4. The number of nitrogens with one attached hydrogen (secondary N) is 1. The van der Waals surface area contributed by atoms with E-state index in [1.54, 1.807) is 6.07 Å². The average molecular weight is 555 g/mol. The van der Waals surface area contributed by atoms with Crippen molar-refractivity contribution >= 4 is 54.0 Å². The van der Waals surface area contributed by atoms with Crippen LogP contribution in [0.1, 0.15) is 11.6 Å². The maximum absolute atomic E-state index is 15.2. The van der Waals surface area contributed by atoms with E-state index in [1.807, 2.05) is 4.90 Å². The molecule has 1 aliphatic heterocycles. The standard InChI is InChI=1S/C24H21FN5O8P/c25-19-14-20-18(13-21(19)29-9-11-36-12-10-29)24(26-15-1-3-17(4-2-15)38-39(33,34)35)28-22(27-20)7-5-16-6-8-23(37-16)30(31)32/h1-8,13-14H,9-12H2,(H,26,27,28)(H2,33,34,35)/p-2/b7-5+. The largest absolute Gasteiger partial charge is 0.780 e. The highest BCUT2D eigenvalue weighted by atomic mass is 31.2. The number of furan rings is 1. The van der Waals surface area contributed by atoms with Crippen LogP contribution in [0.2, 0.25) is 0 Å². The number of phosphoric acid groups is 1. The predicted molar refractivity (Wildman–Crippen MR) is 135 cm³/mol. The number of ether oxygens (including phenoxy) is 1. The van der Waals surface area contributed by atoms with E-state index in [1.165, 1.54) is 54.6 Å². The fourth-order valence-electron chi connectivity index (χ4n) is 3.92. The molecule has 15 heteroatoms. The Bertz CT molecular complexity index is 1600. The quantitative estimate of drug-likeness (QED) is 0.191. The number of aromatic nitrogens is 2. The minimum absolute atomic E-state index is 0.154. The van der Waals surface area contributed by atoms with Crippen molar-refractivity contribution in [3.63, 3.8) is 0 Å². The lowest BCUT2D eigenvalue weighted by Gasteiger charge is -2.29. The molecule has 0 radical (unpaired) electrons. The first-order valence-electron chi connectivity index (χ1n) is 11.5. The molecule has 0 atom stereocenters. The van der Waals surface area contributed by atoms with Crippen molar-refractivity contribution < 1.29 is 37.3 Å². The van der Waals surface area contributed by atoms with Gasteiger partial charge in [-0.2, -0.15) is 0 Å². The Hall–Kier alpha value is -4.36. The average Bonchev–Trinajstić information content (AvgIpc) is 3.37. The normalized spacial score (nSPS) is 14.2. The third kappa shape index (κ3) is 6.38. The number of halogens is 1. The molecule has 1 N–H and O–H groups in total. The van der Waals surface area contributed by atoms with Crippen molar-refractivity contribution in [3.8, 4) is 5.75 Å². The molecule has 1 aliphatic rings. The molecule has 1 fully saturated rings. The van der Waals surface area contributed by atoms with Gasteiger partial charge < -0.3 is 38.2 Å². The van der Waals surface area contributed by atoms with Gasteiger partial charge in [0.15, 0.2) is 5.82 Å². The summed E-state index contributed by atoms with van der Waals surface area (Å²) in [4.78, 5) is 42.8. The summed E-state index contributed by atoms with van der Waals surface area (Å²) < 4.78 is 40.9. The van der Waals surface area contributed by atoms with Gasteiger partial charge in [0.25, 0.3) is 0 Å². The highest BCUT2D eigenvalue weighted by Gasteiger charge is 2.19. The number of anilines is 3. The van der Waals surface area contributed by atoms with Crippen LogP contribution in [0, 0.1) is 15.9 Å². The summed E-state index contributed by atoms with van der Waals surface area (Å²) in [5, 5.41) is 14.5. The van der Waals surface area contributed by atoms with Gasteiger partial charge in [-0.15, -0.1) is 0 Å². The molecule has 5 rings (SSSR count). The number of fused-ring (bicyclic) bond motifs is 1. The molecule has 0 saturated carbocycles. The van der Waals surface area contributed by atoms with Gasteiger partial charge in [0.1, 0.15) is 35.9 Å². The first-order valence-corrected chi connectivity index (χ1v) is 13.0. The topological polar surface area (TPSA) is 179 Å². The monoisotopic (exact) mass is 555 g/mol. The van der Waals surface area contributed by atoms with Crippen LogP contribution in [-0.4, -0.2) is 41.2 Å². The number of benzene rings is 2. The lowest BCUT2D eigenvalue weighted by atomic mass is 10.1. The fraction of sp³-hybridized carbons (Fsp3) is 0.167. The molecule has 1 saturated heterocycles. The van der Waals surface area contributed by atoms with Gasteiger partial charge in [-0.1, -0.05) is 0 Å². The number of nitro groups is 1. The van der Waals surface area contributed by atoms with E-state index >= 15 is 4.39 Å². The van der Waals surface area contributed by atoms with E-state index in [4.69, 9.17) is 9.15 Å². The van der Waals surface area contributed by atoms with Crippen LogP contribution in [0.3, 0.4) is 0 Å². The van der Waals surface area contributed by atoms with Crippen molar-refractivity contribution in [1.82, 2.24) is 9.97 Å². The summed E-state index contributed by atoms with van der Waals surface area (Å²) in [6.45, 7) is 1.93. The maximum Gasteiger partial charge on any atom is 0.433 e. The van der Waals surface area contributed by atoms with Crippen LogP contribution in [0.25, 0.3) is 23.1 Å². The maximum atomic E-state index is 15.2. The summed E-state index contributed by atoms with van der Waals surface area (Å²) in [5.41, 5.74) is 1.10. The van der Waals surface area contributed by atoms with Crippen molar-refractivity contribution in [2.24, 2.45) is 0 Å². The van der Waals surface area contributed by atoms with Gasteiger partial charge in [0.2, 0.25) is 0 Å². The molecule has 0 amide bonds. The Morgan fingerprint density at radius 2 is 1.82 bits per heavy atom. The summed E-state index contributed by atoms with van der Waals surface area (Å²) in [5.74, 6) is -0.418. The number of hydrogen-bond acceptors (Lipinski definition) is 12. The predicted octanol–water partition coefficient (Wildman–Crippen LogP) is 3.23. The van der Waals surface area contributed by atoms with E-state index in [0.29, 0.717) is 48.9 Å². The third-order valence-corrected chi connectivity index (χ3v) is 6.09. The zero-order valence-corrected chi connectivity index (χ0v) is 20.9. The number of phosphoric ester groups is 1. The molecule has 2 aromatic heterocycles. The van der Waals surface area contributed by atoms with Gasteiger partial charge >= 0.3 is 5.88 Å². The second kappa shape index (κ2) is 10.8. The molecular weight excluding hydrogens is 536 g/mol. The molecule has 39 heavy (non-hydrogen) atoms. The lowest BCUT2D eigenvalue weighted by molar-refractivity contribution is -0.402. The smallest absolute Gasteiger partial charge is 0.433 e. The van der Waals surface area contributed by atoms with Crippen LogP contribution in [0.4, 0.5) is 27.5 Å². The fourth-order valence-corrected chi connectivity index (χ4v) is 4.30. The zero-order valence-electron chi connectivity index (χ0n) is 20.0. The minimum atomic E-state index is -5.21. The summed E-state index contributed by atoms with van der Waals surface area (Å²) in [6, 6.07) is 11.1. The van der Waals surface area contributed by atoms with Crippen molar-refractivity contribution in [2.45, 2.75) is 0 Å². The Kier molecular flexibility index (Phi) is 7.26. The molecule has 13 nitrogen and oxygen atoms in total. The van der Waals surface area contributed by atoms with E-state index in [9.17, 15) is 24.5 Å². The molecule has 0 spiro atoms. The van der Waals surface area contributed by atoms with Gasteiger partial charge in [-0.05, 0) is 48.6 Å². The third-order valence-electron chi connectivity index (χ3n) is 5.66. The molecule has 4 aromatic rings. The number of hydrogen-bond donors (Lipinski definition) is 1. The van der Waals surface area contributed by atoms with E-state index < -0.39 is 24.4 Å². The second-order valence-corrected chi connectivity index (χ2v) is 9.38. The van der Waals surface area contributed by atoms with E-state index in [2.05, 4.69) is 19.8 Å². The first-order chi connectivity index (χ1) is 18.6.